The lowest BCUT2D eigenvalue weighted by atomic mass is 10.0. The molecule has 0 saturated heterocycles. The molecule has 0 unspecified atom stereocenters. The zero-order valence-corrected chi connectivity index (χ0v) is 9.45. The van der Waals surface area contributed by atoms with Crippen LogP contribution in [0.5, 0.6) is 0 Å². The van der Waals surface area contributed by atoms with Crippen LogP contribution in [-0.2, 0) is 0 Å². The van der Waals surface area contributed by atoms with Gasteiger partial charge < -0.3 is 5.73 Å². The Balaban J connectivity index is 0.00000128. The quantitative estimate of drug-likeness (QED) is 0.867. The van der Waals surface area contributed by atoms with Crippen LogP contribution in [0.3, 0.4) is 0 Å². The summed E-state index contributed by atoms with van der Waals surface area (Å²) in [5, 5.41) is 9.65. The van der Waals surface area contributed by atoms with Crippen LogP contribution in [0.2, 0.25) is 0 Å². The van der Waals surface area contributed by atoms with Gasteiger partial charge in [0.05, 0.1) is 18.0 Å². The number of fused-ring (bicyclic) bond motifs is 1. The van der Waals surface area contributed by atoms with Gasteiger partial charge in [0.2, 0.25) is 0 Å². The molecule has 0 aliphatic rings. The highest BCUT2D eigenvalue weighted by atomic mass is 35.5. The van der Waals surface area contributed by atoms with Crippen molar-refractivity contribution < 1.29 is 0 Å². The van der Waals surface area contributed by atoms with Gasteiger partial charge >= 0.3 is 0 Å². The van der Waals surface area contributed by atoms with Crippen molar-refractivity contribution in [2.75, 3.05) is 0 Å². The van der Waals surface area contributed by atoms with E-state index in [0.29, 0.717) is 6.42 Å². The summed E-state index contributed by atoms with van der Waals surface area (Å²) < 4.78 is 0. The van der Waals surface area contributed by atoms with Crippen LogP contribution in [0.4, 0.5) is 0 Å². The lowest BCUT2D eigenvalue weighted by Gasteiger charge is -2.10. The summed E-state index contributed by atoms with van der Waals surface area (Å²) in [6.45, 7) is 0. The van der Waals surface area contributed by atoms with Gasteiger partial charge in [0, 0.05) is 17.6 Å². The number of nitrogens with two attached hydrogens (primary N) is 1. The second-order valence-electron chi connectivity index (χ2n) is 3.39. The lowest BCUT2D eigenvalue weighted by molar-refractivity contribution is 0.754. The summed E-state index contributed by atoms with van der Waals surface area (Å²) in [4.78, 5) is 4.25. The molecule has 1 atom stereocenters. The number of hydrogen-bond donors (Lipinski definition) is 1. The van der Waals surface area contributed by atoms with E-state index in [1.807, 2.05) is 30.3 Å². The van der Waals surface area contributed by atoms with Gasteiger partial charge in [-0.2, -0.15) is 5.26 Å². The number of halogens is 1. The Bertz CT molecular complexity index is 514. The number of benzene rings is 1. The summed E-state index contributed by atoms with van der Waals surface area (Å²) in [6, 6.07) is 11.5. The van der Waals surface area contributed by atoms with Crippen LogP contribution in [0.1, 0.15) is 18.0 Å². The fraction of sp³-hybridized carbons (Fsp3) is 0.167. The molecule has 1 heterocycles. The van der Waals surface area contributed by atoms with Crippen molar-refractivity contribution in [3.8, 4) is 6.07 Å². The molecular weight excluding hydrogens is 222 g/mol. The van der Waals surface area contributed by atoms with Crippen molar-refractivity contribution in [1.29, 1.82) is 5.26 Å². The van der Waals surface area contributed by atoms with Gasteiger partial charge in [-0.3, -0.25) is 4.98 Å². The average molecular weight is 234 g/mol. The van der Waals surface area contributed by atoms with Crippen LogP contribution in [0, 0.1) is 11.3 Å². The Labute approximate surface area is 100 Å². The van der Waals surface area contributed by atoms with Gasteiger partial charge in [0.1, 0.15) is 0 Å². The molecule has 0 spiro atoms. The average Bonchev–Trinajstić information content (AvgIpc) is 2.28. The second-order valence-corrected chi connectivity index (χ2v) is 3.39. The van der Waals surface area contributed by atoms with Gasteiger partial charge in [-0.15, -0.1) is 12.4 Å². The van der Waals surface area contributed by atoms with E-state index in [9.17, 15) is 0 Å². The van der Waals surface area contributed by atoms with Gasteiger partial charge in [-0.25, -0.2) is 0 Å². The SMILES string of the molecule is Cl.N#CC[C@H](N)c1ccnc2ccccc12. The fourth-order valence-corrected chi connectivity index (χ4v) is 1.65. The van der Waals surface area contributed by atoms with E-state index in [0.717, 1.165) is 16.5 Å². The van der Waals surface area contributed by atoms with Gasteiger partial charge in [-0.05, 0) is 17.7 Å². The van der Waals surface area contributed by atoms with Crippen LogP contribution >= 0.6 is 12.4 Å². The van der Waals surface area contributed by atoms with E-state index < -0.39 is 0 Å². The molecule has 0 saturated carbocycles. The minimum atomic E-state index is -0.233. The van der Waals surface area contributed by atoms with E-state index in [2.05, 4.69) is 11.1 Å². The van der Waals surface area contributed by atoms with Crippen LogP contribution in [0.15, 0.2) is 36.5 Å². The summed E-state index contributed by atoms with van der Waals surface area (Å²) >= 11 is 0. The van der Waals surface area contributed by atoms with Crippen molar-refractivity contribution >= 4 is 23.3 Å². The van der Waals surface area contributed by atoms with Crippen molar-refractivity contribution in [2.45, 2.75) is 12.5 Å². The fourth-order valence-electron chi connectivity index (χ4n) is 1.65. The van der Waals surface area contributed by atoms with Crippen molar-refractivity contribution in [1.82, 2.24) is 4.98 Å². The lowest BCUT2D eigenvalue weighted by Crippen LogP contribution is -2.09. The summed E-state index contributed by atoms with van der Waals surface area (Å²) in [5.74, 6) is 0. The Morgan fingerprint density at radius 2 is 2.06 bits per heavy atom. The standard InChI is InChI=1S/C12H11N3.ClH/c13-7-5-11(14)9-6-8-15-12-4-2-1-3-10(9)12;/h1-4,6,8,11H,5,14H2;1H/t11-;/m0./s1. The molecule has 0 radical (unpaired) electrons. The topological polar surface area (TPSA) is 62.7 Å². The molecule has 0 aliphatic heterocycles. The van der Waals surface area contributed by atoms with Gasteiger partial charge in [-0.1, -0.05) is 18.2 Å². The van der Waals surface area contributed by atoms with Gasteiger partial charge in [0.15, 0.2) is 0 Å². The van der Waals surface area contributed by atoms with Crippen molar-refractivity contribution in [3.63, 3.8) is 0 Å². The smallest absolute Gasteiger partial charge is 0.0705 e. The zero-order valence-electron chi connectivity index (χ0n) is 8.63. The highest BCUT2D eigenvalue weighted by molar-refractivity contribution is 5.85. The van der Waals surface area contributed by atoms with E-state index in [-0.39, 0.29) is 18.4 Å². The molecule has 1 aromatic carbocycles. The van der Waals surface area contributed by atoms with Crippen molar-refractivity contribution in [3.05, 3.63) is 42.1 Å². The number of aromatic nitrogens is 1. The molecule has 82 valence electrons. The molecule has 0 aliphatic carbocycles. The maximum absolute atomic E-state index is 8.62. The first-order valence-electron chi connectivity index (χ1n) is 4.79. The third kappa shape index (κ3) is 2.30. The normalized spacial score (nSPS) is 11.5. The Morgan fingerprint density at radius 3 is 2.81 bits per heavy atom. The second kappa shape index (κ2) is 5.45. The van der Waals surface area contributed by atoms with Crippen LogP contribution in [-0.4, -0.2) is 4.98 Å². The minimum Gasteiger partial charge on any atom is -0.323 e. The van der Waals surface area contributed by atoms with Crippen LogP contribution in [0.25, 0.3) is 10.9 Å². The monoisotopic (exact) mass is 233 g/mol. The Hall–Kier alpha value is -1.63. The summed E-state index contributed by atoms with van der Waals surface area (Å²) in [5.41, 5.74) is 7.83. The van der Waals surface area contributed by atoms with E-state index in [1.165, 1.54) is 0 Å². The largest absolute Gasteiger partial charge is 0.323 e. The third-order valence-electron chi connectivity index (χ3n) is 2.39. The summed E-state index contributed by atoms with van der Waals surface area (Å²) in [7, 11) is 0. The number of nitrogens with zero attached hydrogens (tertiary/aromatic N) is 2. The molecule has 1 aromatic heterocycles. The molecule has 2 aromatic rings. The number of rotatable bonds is 2. The first kappa shape index (κ1) is 12.4. The predicted octanol–water partition coefficient (Wildman–Crippen LogP) is 2.57. The van der Waals surface area contributed by atoms with E-state index in [1.54, 1.807) is 6.20 Å². The van der Waals surface area contributed by atoms with Crippen LogP contribution < -0.4 is 5.73 Å². The number of hydrogen-bond acceptors (Lipinski definition) is 3. The molecule has 3 nitrogen and oxygen atoms in total. The maximum Gasteiger partial charge on any atom is 0.0705 e. The van der Waals surface area contributed by atoms with E-state index >= 15 is 0 Å². The first-order valence-corrected chi connectivity index (χ1v) is 4.79. The van der Waals surface area contributed by atoms with E-state index in [4.69, 9.17) is 11.0 Å². The highest BCUT2D eigenvalue weighted by Gasteiger charge is 2.08. The molecule has 16 heavy (non-hydrogen) atoms. The maximum atomic E-state index is 8.62. The number of nitriles is 1. The Morgan fingerprint density at radius 1 is 1.31 bits per heavy atom. The molecule has 0 fully saturated rings. The molecule has 0 bridgehead atoms. The summed E-state index contributed by atoms with van der Waals surface area (Å²) in [6.07, 6.45) is 2.06. The molecular formula is C12H12ClN3. The molecule has 4 heteroatoms. The molecule has 0 amide bonds. The number of para-hydroxylation sites is 1. The van der Waals surface area contributed by atoms with Gasteiger partial charge in [0.25, 0.3) is 0 Å². The predicted molar refractivity (Wildman–Crippen MR) is 66.1 cm³/mol. The Kier molecular flexibility index (Phi) is 4.24. The molecule has 2 N–H and O–H groups in total. The third-order valence-corrected chi connectivity index (χ3v) is 2.39. The molecule has 2 rings (SSSR count). The highest BCUT2D eigenvalue weighted by Crippen LogP contribution is 2.22. The minimum absolute atomic E-state index is 0. The zero-order chi connectivity index (χ0) is 10.7. The number of pyridine rings is 1. The first-order chi connectivity index (χ1) is 7.33. The van der Waals surface area contributed by atoms with Crippen molar-refractivity contribution in [2.24, 2.45) is 5.73 Å².